The third-order valence-electron chi connectivity index (χ3n) is 4.78. The summed E-state index contributed by atoms with van der Waals surface area (Å²) in [5.74, 6) is 0.160. The van der Waals surface area contributed by atoms with Crippen LogP contribution in [0, 0.1) is 6.92 Å². The molecule has 1 aromatic carbocycles. The molecule has 2 fully saturated rings. The van der Waals surface area contributed by atoms with Crippen molar-refractivity contribution in [1.29, 1.82) is 0 Å². The Morgan fingerprint density at radius 1 is 1.09 bits per heavy atom. The van der Waals surface area contributed by atoms with E-state index in [1.807, 2.05) is 11.0 Å². The molecule has 0 unspecified atom stereocenters. The molecule has 0 aliphatic carbocycles. The Morgan fingerprint density at radius 3 is 2.52 bits per heavy atom. The first-order valence-corrected chi connectivity index (χ1v) is 8.72. The number of benzene rings is 1. The van der Waals surface area contributed by atoms with E-state index in [0.29, 0.717) is 0 Å². The van der Waals surface area contributed by atoms with Crippen molar-refractivity contribution in [2.24, 2.45) is 0 Å². The topological polar surface area (TPSA) is 26.8 Å². The van der Waals surface area contributed by atoms with E-state index in [0.717, 1.165) is 32.7 Å². The molecule has 0 saturated carbocycles. The molecule has 2 aliphatic heterocycles. The Labute approximate surface area is 139 Å². The first-order valence-electron chi connectivity index (χ1n) is 8.72. The molecule has 0 radical (unpaired) electrons. The van der Waals surface area contributed by atoms with Crippen molar-refractivity contribution in [3.8, 4) is 0 Å². The number of likely N-dealkylation sites (tertiary alicyclic amines) is 1. The highest BCUT2D eigenvalue weighted by Crippen LogP contribution is 2.17. The minimum Gasteiger partial charge on any atom is -0.368 e. The minimum atomic E-state index is 0.160. The van der Waals surface area contributed by atoms with Gasteiger partial charge in [0.25, 0.3) is 0 Å². The van der Waals surface area contributed by atoms with Crippen LogP contribution in [0.25, 0.3) is 0 Å². The Balaban J connectivity index is 1.46. The molecule has 4 heteroatoms. The van der Waals surface area contributed by atoms with Gasteiger partial charge in [0.1, 0.15) is 0 Å². The second-order valence-electron chi connectivity index (χ2n) is 6.56. The van der Waals surface area contributed by atoms with Gasteiger partial charge in [0.2, 0.25) is 5.91 Å². The maximum Gasteiger partial charge on any atom is 0.246 e. The van der Waals surface area contributed by atoms with Crippen LogP contribution in [-0.4, -0.2) is 61.5 Å². The van der Waals surface area contributed by atoms with Gasteiger partial charge in [-0.15, -0.1) is 0 Å². The lowest BCUT2D eigenvalue weighted by Gasteiger charge is -2.35. The highest BCUT2D eigenvalue weighted by molar-refractivity contribution is 5.87. The number of hydrogen-bond donors (Lipinski definition) is 0. The Bertz CT molecular complexity index is 555. The first kappa shape index (κ1) is 16.1. The Morgan fingerprint density at radius 2 is 1.83 bits per heavy atom. The lowest BCUT2D eigenvalue weighted by molar-refractivity contribution is -0.126. The molecule has 4 nitrogen and oxygen atoms in total. The monoisotopic (exact) mass is 313 g/mol. The van der Waals surface area contributed by atoms with Gasteiger partial charge in [-0.05, 0) is 50.6 Å². The van der Waals surface area contributed by atoms with E-state index in [4.69, 9.17) is 0 Å². The quantitative estimate of drug-likeness (QED) is 0.798. The predicted octanol–water partition coefficient (Wildman–Crippen LogP) is 2.30. The molecule has 0 N–H and O–H groups in total. The van der Waals surface area contributed by atoms with E-state index >= 15 is 0 Å². The van der Waals surface area contributed by atoms with Gasteiger partial charge in [-0.3, -0.25) is 9.69 Å². The maximum absolute atomic E-state index is 12.3. The highest BCUT2D eigenvalue weighted by atomic mass is 16.2. The van der Waals surface area contributed by atoms with Crippen LogP contribution in [0.3, 0.4) is 0 Å². The summed E-state index contributed by atoms with van der Waals surface area (Å²) in [6.45, 7) is 8.82. The van der Waals surface area contributed by atoms with Crippen molar-refractivity contribution in [3.05, 3.63) is 42.0 Å². The number of hydrogen-bond acceptors (Lipinski definition) is 3. The van der Waals surface area contributed by atoms with Crippen molar-refractivity contribution >= 4 is 11.6 Å². The predicted molar refractivity (Wildman–Crippen MR) is 94.8 cm³/mol. The fraction of sp³-hybridized carbons (Fsp3) is 0.526. The lowest BCUT2D eigenvalue weighted by Crippen LogP contribution is -2.48. The van der Waals surface area contributed by atoms with Gasteiger partial charge in [-0.2, -0.15) is 0 Å². The molecule has 1 amide bonds. The zero-order valence-corrected chi connectivity index (χ0v) is 14.1. The molecule has 2 aliphatic rings. The molecular formula is C19H27N3O. The van der Waals surface area contributed by atoms with Crippen LogP contribution in [0.5, 0.6) is 0 Å². The van der Waals surface area contributed by atoms with Gasteiger partial charge in [0.05, 0.1) is 0 Å². The van der Waals surface area contributed by atoms with Crippen molar-refractivity contribution in [3.63, 3.8) is 0 Å². The molecule has 2 heterocycles. The number of piperazine rings is 1. The fourth-order valence-electron chi connectivity index (χ4n) is 3.38. The smallest absolute Gasteiger partial charge is 0.246 e. The van der Waals surface area contributed by atoms with E-state index in [2.05, 4.69) is 41.0 Å². The third kappa shape index (κ3) is 4.35. The number of carbonyl (C=O) groups is 1. The van der Waals surface area contributed by atoms with Crippen LogP contribution in [0.4, 0.5) is 5.69 Å². The van der Waals surface area contributed by atoms with Crippen molar-refractivity contribution in [2.75, 3.05) is 50.7 Å². The maximum atomic E-state index is 12.3. The number of amides is 1. The van der Waals surface area contributed by atoms with Gasteiger partial charge in [0, 0.05) is 44.5 Å². The van der Waals surface area contributed by atoms with Crippen LogP contribution in [0.15, 0.2) is 36.4 Å². The summed E-state index contributed by atoms with van der Waals surface area (Å²) >= 11 is 0. The molecule has 23 heavy (non-hydrogen) atoms. The molecular weight excluding hydrogens is 286 g/mol. The van der Waals surface area contributed by atoms with E-state index in [1.54, 1.807) is 6.08 Å². The standard InChI is InChI=1S/C19H27N3O/c1-17-6-4-7-18(16-17)21-12-14-22(15-13-21)19(23)8-5-11-20-9-2-3-10-20/h4-8,16H,2-3,9-15H2,1H3/b8-5+. The number of rotatable bonds is 4. The fourth-order valence-corrected chi connectivity index (χ4v) is 3.38. The summed E-state index contributed by atoms with van der Waals surface area (Å²) in [6, 6.07) is 8.59. The summed E-state index contributed by atoms with van der Waals surface area (Å²) in [5, 5.41) is 0. The SMILES string of the molecule is Cc1cccc(N2CCN(C(=O)/C=C/CN3CCCC3)CC2)c1. The second kappa shape index (κ2) is 7.64. The summed E-state index contributed by atoms with van der Waals surface area (Å²) in [4.78, 5) is 19.0. The first-order chi connectivity index (χ1) is 11.2. The molecule has 1 aromatic rings. The van der Waals surface area contributed by atoms with Gasteiger partial charge in [0.15, 0.2) is 0 Å². The Kier molecular flexibility index (Phi) is 5.34. The normalized spacial score (nSPS) is 19.7. The number of carbonyl (C=O) groups excluding carboxylic acids is 1. The van der Waals surface area contributed by atoms with Crippen molar-refractivity contribution in [1.82, 2.24) is 9.80 Å². The van der Waals surface area contributed by atoms with Crippen molar-refractivity contribution in [2.45, 2.75) is 19.8 Å². The van der Waals surface area contributed by atoms with Crippen LogP contribution in [0.2, 0.25) is 0 Å². The average molecular weight is 313 g/mol. The minimum absolute atomic E-state index is 0.160. The Hall–Kier alpha value is -1.81. The summed E-state index contributed by atoms with van der Waals surface area (Å²) in [6.07, 6.45) is 6.38. The van der Waals surface area contributed by atoms with Crippen LogP contribution in [-0.2, 0) is 4.79 Å². The summed E-state index contributed by atoms with van der Waals surface area (Å²) in [5.41, 5.74) is 2.55. The lowest BCUT2D eigenvalue weighted by atomic mass is 10.2. The average Bonchev–Trinajstić information content (AvgIpc) is 3.08. The molecule has 0 bridgehead atoms. The van der Waals surface area contributed by atoms with Crippen LogP contribution in [0.1, 0.15) is 18.4 Å². The van der Waals surface area contributed by atoms with Crippen molar-refractivity contribution < 1.29 is 4.79 Å². The van der Waals surface area contributed by atoms with Gasteiger partial charge in [-0.25, -0.2) is 0 Å². The van der Waals surface area contributed by atoms with Crippen LogP contribution < -0.4 is 4.90 Å². The zero-order valence-electron chi connectivity index (χ0n) is 14.1. The van der Waals surface area contributed by atoms with E-state index in [-0.39, 0.29) is 5.91 Å². The van der Waals surface area contributed by atoms with E-state index < -0.39 is 0 Å². The summed E-state index contributed by atoms with van der Waals surface area (Å²) < 4.78 is 0. The molecule has 0 atom stereocenters. The van der Waals surface area contributed by atoms with Gasteiger partial charge < -0.3 is 9.80 Å². The zero-order chi connectivity index (χ0) is 16.1. The number of anilines is 1. The largest absolute Gasteiger partial charge is 0.368 e. The molecule has 0 spiro atoms. The molecule has 2 saturated heterocycles. The number of nitrogens with zero attached hydrogens (tertiary/aromatic N) is 3. The second-order valence-corrected chi connectivity index (χ2v) is 6.56. The molecule has 124 valence electrons. The number of aryl methyl sites for hydroxylation is 1. The van der Waals surface area contributed by atoms with Crippen LogP contribution >= 0.6 is 0 Å². The molecule has 0 aromatic heterocycles. The van der Waals surface area contributed by atoms with E-state index in [1.165, 1.54) is 37.2 Å². The van der Waals surface area contributed by atoms with Gasteiger partial charge >= 0.3 is 0 Å². The molecule has 3 rings (SSSR count). The highest BCUT2D eigenvalue weighted by Gasteiger charge is 2.19. The van der Waals surface area contributed by atoms with E-state index in [9.17, 15) is 4.79 Å². The third-order valence-corrected chi connectivity index (χ3v) is 4.78. The van der Waals surface area contributed by atoms with Gasteiger partial charge in [-0.1, -0.05) is 18.2 Å². The summed E-state index contributed by atoms with van der Waals surface area (Å²) in [7, 11) is 0.